The summed E-state index contributed by atoms with van der Waals surface area (Å²) in [7, 11) is 0. The van der Waals surface area contributed by atoms with E-state index in [1.807, 2.05) is 6.07 Å². The largest absolute Gasteiger partial charge is 0.396 e. The zero-order valence-electron chi connectivity index (χ0n) is 11.3. The molecule has 102 valence electrons. The van der Waals surface area contributed by atoms with Crippen LogP contribution in [0.15, 0.2) is 41.8 Å². The molecule has 2 nitrogen and oxygen atoms in total. The Balaban J connectivity index is 1.94. The number of benzene rings is 1. The third-order valence-corrected chi connectivity index (χ3v) is 4.23. The summed E-state index contributed by atoms with van der Waals surface area (Å²) in [5.74, 6) is 0. The molecule has 0 aliphatic heterocycles. The fourth-order valence-electron chi connectivity index (χ4n) is 2.11. The van der Waals surface area contributed by atoms with Crippen molar-refractivity contribution in [3.05, 3.63) is 46.7 Å². The Morgan fingerprint density at radius 2 is 2.00 bits per heavy atom. The summed E-state index contributed by atoms with van der Waals surface area (Å²) in [6.45, 7) is 3.29. The highest BCUT2D eigenvalue weighted by Gasteiger charge is 2.06. The van der Waals surface area contributed by atoms with Crippen molar-refractivity contribution in [2.24, 2.45) is 0 Å². The first-order chi connectivity index (χ1) is 9.33. The van der Waals surface area contributed by atoms with Crippen LogP contribution in [0, 0.1) is 0 Å². The smallest absolute Gasteiger partial charge is 0.0445 e. The summed E-state index contributed by atoms with van der Waals surface area (Å²) in [5.41, 5.74) is 2.56. The van der Waals surface area contributed by atoms with Gasteiger partial charge in [0.15, 0.2) is 0 Å². The van der Waals surface area contributed by atoms with Gasteiger partial charge >= 0.3 is 0 Å². The van der Waals surface area contributed by atoms with Crippen LogP contribution >= 0.6 is 11.3 Å². The van der Waals surface area contributed by atoms with Crippen LogP contribution in [0.25, 0.3) is 11.1 Å². The molecule has 0 aliphatic rings. The molecule has 0 spiro atoms. The van der Waals surface area contributed by atoms with Gasteiger partial charge in [-0.1, -0.05) is 37.3 Å². The monoisotopic (exact) mass is 275 g/mol. The Hall–Kier alpha value is -1.16. The molecule has 0 fully saturated rings. The molecule has 1 unspecified atom stereocenters. The van der Waals surface area contributed by atoms with Crippen LogP contribution in [0.4, 0.5) is 0 Å². The van der Waals surface area contributed by atoms with Crippen molar-refractivity contribution in [3.8, 4) is 11.1 Å². The van der Waals surface area contributed by atoms with Gasteiger partial charge in [0, 0.05) is 24.1 Å². The molecule has 1 atom stereocenters. The van der Waals surface area contributed by atoms with Crippen LogP contribution in [-0.2, 0) is 6.54 Å². The second-order valence-electron chi connectivity index (χ2n) is 4.67. The second-order valence-corrected chi connectivity index (χ2v) is 5.66. The fourth-order valence-corrected chi connectivity index (χ4v) is 2.95. The van der Waals surface area contributed by atoms with Crippen molar-refractivity contribution in [1.82, 2.24) is 5.32 Å². The maximum absolute atomic E-state index is 8.98. The van der Waals surface area contributed by atoms with Crippen molar-refractivity contribution in [3.63, 3.8) is 0 Å². The number of aliphatic hydroxyl groups is 1. The van der Waals surface area contributed by atoms with E-state index < -0.39 is 0 Å². The van der Waals surface area contributed by atoms with Gasteiger partial charge in [-0.05, 0) is 35.4 Å². The predicted molar refractivity (Wildman–Crippen MR) is 82.4 cm³/mol. The van der Waals surface area contributed by atoms with Gasteiger partial charge in [0.2, 0.25) is 0 Å². The summed E-state index contributed by atoms with van der Waals surface area (Å²) in [5, 5.41) is 14.7. The number of rotatable bonds is 7. The highest BCUT2D eigenvalue weighted by Crippen LogP contribution is 2.25. The molecule has 1 aromatic carbocycles. The second kappa shape index (κ2) is 7.43. The highest BCUT2D eigenvalue weighted by atomic mass is 32.1. The molecule has 2 aromatic rings. The van der Waals surface area contributed by atoms with E-state index >= 15 is 0 Å². The molecule has 1 heterocycles. The van der Waals surface area contributed by atoms with Gasteiger partial charge in [-0.15, -0.1) is 11.3 Å². The van der Waals surface area contributed by atoms with Gasteiger partial charge in [-0.2, -0.15) is 0 Å². The Bertz CT molecular complexity index is 481. The minimum atomic E-state index is 0.255. The van der Waals surface area contributed by atoms with Crippen molar-refractivity contribution < 1.29 is 5.11 Å². The summed E-state index contributed by atoms with van der Waals surface area (Å²) in [6.07, 6.45) is 1.88. The van der Waals surface area contributed by atoms with Gasteiger partial charge in [-0.3, -0.25) is 0 Å². The van der Waals surface area contributed by atoms with E-state index in [1.165, 1.54) is 16.0 Å². The van der Waals surface area contributed by atoms with Crippen LogP contribution in [0.5, 0.6) is 0 Å². The maximum atomic E-state index is 8.98. The first-order valence-corrected chi connectivity index (χ1v) is 7.68. The molecular weight excluding hydrogens is 254 g/mol. The van der Waals surface area contributed by atoms with Crippen molar-refractivity contribution in [2.45, 2.75) is 32.4 Å². The van der Waals surface area contributed by atoms with Crippen LogP contribution in [0.3, 0.4) is 0 Å². The van der Waals surface area contributed by atoms with E-state index in [-0.39, 0.29) is 6.61 Å². The van der Waals surface area contributed by atoms with E-state index in [2.05, 4.69) is 48.0 Å². The number of hydrogen-bond donors (Lipinski definition) is 2. The zero-order valence-corrected chi connectivity index (χ0v) is 12.1. The lowest BCUT2D eigenvalue weighted by Gasteiger charge is -2.14. The molecule has 19 heavy (non-hydrogen) atoms. The normalized spacial score (nSPS) is 12.5. The maximum Gasteiger partial charge on any atom is 0.0445 e. The van der Waals surface area contributed by atoms with Crippen molar-refractivity contribution in [2.75, 3.05) is 6.61 Å². The molecule has 0 saturated heterocycles. The molecule has 0 aliphatic carbocycles. The predicted octanol–water partition coefficient (Wildman–Crippen LogP) is 3.67. The van der Waals surface area contributed by atoms with E-state index in [4.69, 9.17) is 5.11 Å². The van der Waals surface area contributed by atoms with Gasteiger partial charge in [0.05, 0.1) is 0 Å². The lowest BCUT2D eigenvalue weighted by Crippen LogP contribution is -2.28. The molecule has 1 aromatic heterocycles. The molecule has 0 radical (unpaired) electrons. The quantitative estimate of drug-likeness (QED) is 0.808. The van der Waals surface area contributed by atoms with E-state index in [1.54, 1.807) is 11.3 Å². The van der Waals surface area contributed by atoms with Crippen LogP contribution in [0.2, 0.25) is 0 Å². The minimum absolute atomic E-state index is 0.255. The van der Waals surface area contributed by atoms with Crippen LogP contribution in [0.1, 0.15) is 24.6 Å². The molecular formula is C16H21NOS. The lowest BCUT2D eigenvalue weighted by molar-refractivity contribution is 0.262. The number of aliphatic hydroxyl groups excluding tert-OH is 1. The zero-order chi connectivity index (χ0) is 13.5. The summed E-state index contributed by atoms with van der Waals surface area (Å²) in [6, 6.07) is 13.1. The Morgan fingerprint density at radius 1 is 1.21 bits per heavy atom. The fraction of sp³-hybridized carbons (Fsp3) is 0.375. The topological polar surface area (TPSA) is 32.3 Å². The molecule has 0 saturated carbocycles. The van der Waals surface area contributed by atoms with Gasteiger partial charge in [0.1, 0.15) is 0 Å². The summed E-state index contributed by atoms with van der Waals surface area (Å²) >= 11 is 1.79. The molecule has 0 bridgehead atoms. The van der Waals surface area contributed by atoms with E-state index in [0.29, 0.717) is 6.04 Å². The number of hydrogen-bond acceptors (Lipinski definition) is 3. The Morgan fingerprint density at radius 3 is 2.68 bits per heavy atom. The van der Waals surface area contributed by atoms with Crippen molar-refractivity contribution >= 4 is 11.3 Å². The lowest BCUT2D eigenvalue weighted by atomic mass is 10.1. The summed E-state index contributed by atoms with van der Waals surface area (Å²) in [4.78, 5) is 1.34. The SMILES string of the molecule is CCC(CCO)NCc1cc(-c2ccccc2)cs1. The molecule has 2 rings (SSSR count). The van der Waals surface area contributed by atoms with Gasteiger partial charge in [0.25, 0.3) is 0 Å². The highest BCUT2D eigenvalue weighted by molar-refractivity contribution is 7.10. The third kappa shape index (κ3) is 4.16. The molecule has 0 amide bonds. The van der Waals surface area contributed by atoms with Crippen LogP contribution < -0.4 is 5.32 Å². The Kier molecular flexibility index (Phi) is 5.58. The number of nitrogens with one attached hydrogen (secondary N) is 1. The van der Waals surface area contributed by atoms with Crippen LogP contribution in [-0.4, -0.2) is 17.8 Å². The molecule has 3 heteroatoms. The van der Waals surface area contributed by atoms with Gasteiger partial charge < -0.3 is 10.4 Å². The first-order valence-electron chi connectivity index (χ1n) is 6.80. The van der Waals surface area contributed by atoms with E-state index in [9.17, 15) is 0 Å². The van der Waals surface area contributed by atoms with Crippen molar-refractivity contribution in [1.29, 1.82) is 0 Å². The minimum Gasteiger partial charge on any atom is -0.396 e. The average molecular weight is 275 g/mol. The Labute approximate surface area is 119 Å². The average Bonchev–Trinajstić information content (AvgIpc) is 2.93. The van der Waals surface area contributed by atoms with Gasteiger partial charge in [-0.25, -0.2) is 0 Å². The van der Waals surface area contributed by atoms with E-state index in [0.717, 1.165) is 19.4 Å². The number of thiophene rings is 1. The third-order valence-electron chi connectivity index (χ3n) is 3.30. The standard InChI is InChI=1S/C16H21NOS/c1-2-15(8-9-18)17-11-16-10-14(12-19-16)13-6-4-3-5-7-13/h3-7,10,12,15,17-18H,2,8-9,11H2,1H3. The molecule has 2 N–H and O–H groups in total. The summed E-state index contributed by atoms with van der Waals surface area (Å²) < 4.78 is 0. The first kappa shape index (κ1) is 14.3.